The molecule has 1 fully saturated rings. The van der Waals surface area contributed by atoms with Crippen LogP contribution in [0.15, 0.2) is 24.3 Å². The van der Waals surface area contributed by atoms with Crippen molar-refractivity contribution < 1.29 is 0 Å². The maximum atomic E-state index is 5.77. The van der Waals surface area contributed by atoms with E-state index in [1.165, 1.54) is 24.8 Å². The molecule has 0 amide bonds. The fourth-order valence-electron chi connectivity index (χ4n) is 3.54. The molecule has 1 heterocycles. The molecule has 1 aromatic carbocycles. The molecule has 0 aliphatic heterocycles. The van der Waals surface area contributed by atoms with Crippen LogP contribution in [0.5, 0.6) is 0 Å². The van der Waals surface area contributed by atoms with Crippen molar-refractivity contribution in [2.45, 2.75) is 45.6 Å². The lowest BCUT2D eigenvalue weighted by atomic mass is 9.79. The number of para-hydroxylation sites is 2. The highest BCUT2D eigenvalue weighted by atomic mass is 32.1. The molecule has 3 nitrogen and oxygen atoms in total. The number of benzene rings is 1. The second-order valence-corrected chi connectivity index (χ2v) is 6.98. The molecule has 0 bridgehead atoms. The minimum Gasteiger partial charge on any atom is -0.393 e. The lowest BCUT2D eigenvalue weighted by Gasteiger charge is -2.34. The largest absolute Gasteiger partial charge is 0.393 e. The Bertz CT molecular complexity index is 661. The Morgan fingerprint density at radius 2 is 2.05 bits per heavy atom. The quantitative estimate of drug-likeness (QED) is 0.875. The van der Waals surface area contributed by atoms with E-state index in [2.05, 4.69) is 36.6 Å². The van der Waals surface area contributed by atoms with E-state index in [4.69, 9.17) is 22.9 Å². The van der Waals surface area contributed by atoms with Crippen LogP contribution < -0.4 is 5.73 Å². The van der Waals surface area contributed by atoms with Crippen LogP contribution in [0.2, 0.25) is 0 Å². The average Bonchev–Trinajstić information content (AvgIpc) is 2.79. The van der Waals surface area contributed by atoms with E-state index >= 15 is 0 Å². The molecule has 1 saturated carbocycles. The third-order valence-corrected chi connectivity index (χ3v) is 5.08. The summed E-state index contributed by atoms with van der Waals surface area (Å²) in [5, 5.41) is 0. The number of nitrogens with zero attached hydrogens (tertiary/aromatic N) is 2. The van der Waals surface area contributed by atoms with Gasteiger partial charge in [0, 0.05) is 6.04 Å². The highest BCUT2D eigenvalue weighted by molar-refractivity contribution is 7.80. The minimum atomic E-state index is 0.517. The minimum absolute atomic E-state index is 0.517. The molecular weight excluding hydrogens is 278 g/mol. The van der Waals surface area contributed by atoms with Crippen LogP contribution in [-0.4, -0.2) is 14.5 Å². The van der Waals surface area contributed by atoms with Crippen molar-refractivity contribution in [2.24, 2.45) is 17.6 Å². The van der Waals surface area contributed by atoms with E-state index in [-0.39, 0.29) is 0 Å². The average molecular weight is 301 g/mol. The Hall–Kier alpha value is -1.42. The Labute approximate surface area is 131 Å². The highest BCUT2D eigenvalue weighted by Crippen LogP contribution is 2.38. The smallest absolute Gasteiger partial charge is 0.116 e. The molecule has 2 N–H and O–H groups in total. The first-order valence-corrected chi connectivity index (χ1v) is 8.21. The standard InChI is InChI=1S/C17H23N3S/c1-11-7-8-13(9-12(11)2)20-15-6-4-3-5-14(15)19-17(20)10-16(18)21/h3-6,11-13H,7-10H2,1-2H3,(H2,18,21). The normalized spacial score (nSPS) is 26.1. The number of nitrogens with two attached hydrogens (primary N) is 1. The van der Waals surface area contributed by atoms with Gasteiger partial charge in [0.2, 0.25) is 0 Å². The van der Waals surface area contributed by atoms with Crippen molar-refractivity contribution >= 4 is 28.2 Å². The maximum absolute atomic E-state index is 5.77. The van der Waals surface area contributed by atoms with Crippen LogP contribution in [0.1, 0.15) is 45.0 Å². The Morgan fingerprint density at radius 3 is 2.76 bits per heavy atom. The monoisotopic (exact) mass is 301 g/mol. The third kappa shape index (κ3) is 2.82. The molecule has 1 aromatic heterocycles. The number of rotatable bonds is 3. The molecule has 4 heteroatoms. The summed E-state index contributed by atoms with van der Waals surface area (Å²) >= 11 is 5.11. The zero-order chi connectivity index (χ0) is 15.0. The Kier molecular flexibility index (Phi) is 3.98. The summed E-state index contributed by atoms with van der Waals surface area (Å²) < 4.78 is 2.40. The van der Waals surface area contributed by atoms with Crippen molar-refractivity contribution in [1.29, 1.82) is 0 Å². The molecule has 3 unspecified atom stereocenters. The number of fused-ring (bicyclic) bond motifs is 1. The molecule has 0 spiro atoms. The summed E-state index contributed by atoms with van der Waals surface area (Å²) in [6.07, 6.45) is 4.30. The van der Waals surface area contributed by atoms with Crippen LogP contribution in [0.25, 0.3) is 11.0 Å². The fourth-order valence-corrected chi connectivity index (χ4v) is 3.67. The number of hydrogen-bond acceptors (Lipinski definition) is 2. The summed E-state index contributed by atoms with van der Waals surface area (Å²) in [7, 11) is 0. The van der Waals surface area contributed by atoms with Gasteiger partial charge in [0.25, 0.3) is 0 Å². The van der Waals surface area contributed by atoms with E-state index in [0.717, 1.165) is 23.2 Å². The topological polar surface area (TPSA) is 43.8 Å². The van der Waals surface area contributed by atoms with Crippen molar-refractivity contribution in [1.82, 2.24) is 9.55 Å². The molecular formula is C17H23N3S. The van der Waals surface area contributed by atoms with Gasteiger partial charge in [-0.2, -0.15) is 0 Å². The van der Waals surface area contributed by atoms with Crippen molar-refractivity contribution in [3.63, 3.8) is 0 Å². The summed E-state index contributed by atoms with van der Waals surface area (Å²) in [5.74, 6) is 2.59. The first-order chi connectivity index (χ1) is 10.1. The zero-order valence-electron chi connectivity index (χ0n) is 12.7. The molecule has 0 saturated heterocycles. The summed E-state index contributed by atoms with van der Waals surface area (Å²) in [6.45, 7) is 4.73. The molecule has 112 valence electrons. The second-order valence-electron chi connectivity index (χ2n) is 6.45. The summed E-state index contributed by atoms with van der Waals surface area (Å²) in [6, 6.07) is 8.88. The fraction of sp³-hybridized carbons (Fsp3) is 0.529. The van der Waals surface area contributed by atoms with Gasteiger partial charge in [0.1, 0.15) is 5.82 Å². The molecule has 1 aliphatic carbocycles. The number of thiocarbonyl (C=S) groups is 1. The van der Waals surface area contributed by atoms with Crippen molar-refractivity contribution in [3.8, 4) is 0 Å². The first kappa shape index (κ1) is 14.5. The Morgan fingerprint density at radius 1 is 1.29 bits per heavy atom. The van der Waals surface area contributed by atoms with E-state index in [9.17, 15) is 0 Å². The first-order valence-electron chi connectivity index (χ1n) is 7.80. The molecule has 1 aliphatic rings. The lowest BCUT2D eigenvalue weighted by Crippen LogP contribution is -2.25. The SMILES string of the molecule is CC1CCC(n2c(CC(N)=S)nc3ccccc32)CC1C. The Balaban J connectivity index is 2.04. The number of imidazole rings is 1. The molecule has 2 aromatic rings. The van der Waals surface area contributed by atoms with Crippen LogP contribution in [0, 0.1) is 11.8 Å². The molecule has 21 heavy (non-hydrogen) atoms. The van der Waals surface area contributed by atoms with Gasteiger partial charge in [-0.15, -0.1) is 0 Å². The van der Waals surface area contributed by atoms with Crippen LogP contribution >= 0.6 is 12.2 Å². The van der Waals surface area contributed by atoms with Gasteiger partial charge in [-0.1, -0.05) is 38.2 Å². The van der Waals surface area contributed by atoms with Crippen molar-refractivity contribution in [2.75, 3.05) is 0 Å². The van der Waals surface area contributed by atoms with Crippen LogP contribution in [-0.2, 0) is 6.42 Å². The highest BCUT2D eigenvalue weighted by Gasteiger charge is 2.28. The molecule has 3 atom stereocenters. The van der Waals surface area contributed by atoms with E-state index < -0.39 is 0 Å². The van der Waals surface area contributed by atoms with Gasteiger partial charge in [0.15, 0.2) is 0 Å². The van der Waals surface area contributed by atoms with Gasteiger partial charge in [-0.05, 0) is 43.2 Å². The van der Waals surface area contributed by atoms with E-state index in [0.29, 0.717) is 17.5 Å². The van der Waals surface area contributed by atoms with Crippen LogP contribution in [0.4, 0.5) is 0 Å². The third-order valence-electron chi connectivity index (χ3n) is 4.94. The lowest BCUT2D eigenvalue weighted by molar-refractivity contribution is 0.211. The summed E-state index contributed by atoms with van der Waals surface area (Å²) in [4.78, 5) is 5.28. The maximum Gasteiger partial charge on any atom is 0.116 e. The number of hydrogen-bond donors (Lipinski definition) is 1. The molecule has 3 rings (SSSR count). The second kappa shape index (κ2) is 5.76. The predicted molar refractivity (Wildman–Crippen MR) is 91.4 cm³/mol. The van der Waals surface area contributed by atoms with Gasteiger partial charge < -0.3 is 10.3 Å². The van der Waals surface area contributed by atoms with Gasteiger partial charge in [-0.3, -0.25) is 0 Å². The van der Waals surface area contributed by atoms with E-state index in [1.807, 2.05) is 6.07 Å². The predicted octanol–water partition coefficient (Wildman–Crippen LogP) is 3.86. The van der Waals surface area contributed by atoms with Gasteiger partial charge in [0.05, 0.1) is 22.4 Å². The van der Waals surface area contributed by atoms with E-state index in [1.54, 1.807) is 0 Å². The van der Waals surface area contributed by atoms with Gasteiger partial charge >= 0.3 is 0 Å². The van der Waals surface area contributed by atoms with Crippen molar-refractivity contribution in [3.05, 3.63) is 30.1 Å². The van der Waals surface area contributed by atoms with Crippen LogP contribution in [0.3, 0.4) is 0 Å². The number of aromatic nitrogens is 2. The summed E-state index contributed by atoms with van der Waals surface area (Å²) in [5.41, 5.74) is 8.04. The molecule has 0 radical (unpaired) electrons. The van der Waals surface area contributed by atoms with Gasteiger partial charge in [-0.25, -0.2) is 4.98 Å². The zero-order valence-corrected chi connectivity index (χ0v) is 13.6.